The Balaban J connectivity index is 2.16. The molecule has 0 aliphatic carbocycles. The maximum atomic E-state index is 13.2. The fourth-order valence-corrected chi connectivity index (χ4v) is 2.69. The summed E-state index contributed by atoms with van der Waals surface area (Å²) < 4.78 is 17.5. The largest absolute Gasteiger partial charge is 0.309 e. The van der Waals surface area contributed by atoms with Crippen LogP contribution in [0, 0.1) is 5.82 Å². The smallest absolute Gasteiger partial charge is 0.137 e. The molecule has 0 aliphatic rings. The highest BCUT2D eigenvalue weighted by Gasteiger charge is 2.14. The molecule has 96 valence electrons. The van der Waals surface area contributed by atoms with E-state index in [2.05, 4.69) is 30.8 Å². The quantitative estimate of drug-likeness (QED) is 0.914. The van der Waals surface area contributed by atoms with Crippen LogP contribution in [-0.4, -0.2) is 16.1 Å². The second-order valence-corrected chi connectivity index (χ2v) is 5.36. The van der Waals surface area contributed by atoms with Crippen molar-refractivity contribution in [3.05, 3.63) is 45.1 Å². The first-order chi connectivity index (χ1) is 8.70. The summed E-state index contributed by atoms with van der Waals surface area (Å²) in [6.45, 7) is 2.90. The Hall–Kier alpha value is -0.850. The molecular weight excluding hydrogens is 317 g/mol. The maximum absolute atomic E-state index is 13.2. The Morgan fingerprint density at radius 2 is 2.33 bits per heavy atom. The molecular formula is C12H13BrFN3S. The molecule has 0 amide bonds. The van der Waals surface area contributed by atoms with Gasteiger partial charge in [0.1, 0.15) is 5.82 Å². The van der Waals surface area contributed by atoms with Gasteiger partial charge < -0.3 is 5.32 Å². The van der Waals surface area contributed by atoms with E-state index in [0.29, 0.717) is 4.47 Å². The van der Waals surface area contributed by atoms with Gasteiger partial charge in [0.05, 0.1) is 16.2 Å². The van der Waals surface area contributed by atoms with E-state index in [1.54, 1.807) is 12.1 Å². The van der Waals surface area contributed by atoms with Crippen LogP contribution < -0.4 is 5.32 Å². The van der Waals surface area contributed by atoms with E-state index in [9.17, 15) is 4.39 Å². The molecule has 0 saturated heterocycles. The lowest BCUT2D eigenvalue weighted by atomic mass is 10.0. The van der Waals surface area contributed by atoms with Crippen molar-refractivity contribution in [2.45, 2.75) is 19.4 Å². The van der Waals surface area contributed by atoms with Gasteiger partial charge in [-0.25, -0.2) is 4.39 Å². The van der Waals surface area contributed by atoms with E-state index >= 15 is 0 Å². The third-order valence-electron chi connectivity index (χ3n) is 2.61. The molecule has 2 rings (SSSR count). The van der Waals surface area contributed by atoms with Gasteiger partial charge in [0.25, 0.3) is 0 Å². The van der Waals surface area contributed by atoms with Crippen LogP contribution in [-0.2, 0) is 6.42 Å². The van der Waals surface area contributed by atoms with Gasteiger partial charge in [0.2, 0.25) is 0 Å². The molecule has 0 aliphatic heterocycles. The van der Waals surface area contributed by atoms with Crippen molar-refractivity contribution in [3.63, 3.8) is 0 Å². The molecule has 1 unspecified atom stereocenters. The second kappa shape index (κ2) is 6.36. The normalized spacial score (nSPS) is 12.6. The predicted molar refractivity (Wildman–Crippen MR) is 74.1 cm³/mol. The topological polar surface area (TPSA) is 37.8 Å². The molecule has 2 aromatic rings. The number of rotatable bonds is 5. The van der Waals surface area contributed by atoms with Gasteiger partial charge in [0, 0.05) is 5.38 Å². The molecule has 6 heteroatoms. The number of halogens is 2. The fraction of sp³-hybridized carbons (Fsp3) is 0.333. The minimum Gasteiger partial charge on any atom is -0.309 e. The SMILES string of the molecule is CCNC(Cc1ccc(F)c(Br)c1)c1csnn1. The minimum atomic E-state index is -0.242. The minimum absolute atomic E-state index is 0.117. The highest BCUT2D eigenvalue weighted by atomic mass is 79.9. The molecule has 1 atom stereocenters. The van der Waals surface area contributed by atoms with Crippen molar-refractivity contribution in [1.29, 1.82) is 0 Å². The summed E-state index contributed by atoms with van der Waals surface area (Å²) in [5, 5.41) is 9.39. The van der Waals surface area contributed by atoms with Crippen molar-refractivity contribution in [1.82, 2.24) is 14.9 Å². The van der Waals surface area contributed by atoms with Crippen LogP contribution in [0.3, 0.4) is 0 Å². The average molecular weight is 330 g/mol. The summed E-state index contributed by atoms with van der Waals surface area (Å²) in [4.78, 5) is 0. The maximum Gasteiger partial charge on any atom is 0.137 e. The van der Waals surface area contributed by atoms with Crippen LogP contribution in [0.2, 0.25) is 0 Å². The highest BCUT2D eigenvalue weighted by Crippen LogP contribution is 2.22. The van der Waals surface area contributed by atoms with Gasteiger partial charge in [-0.1, -0.05) is 17.5 Å². The van der Waals surface area contributed by atoms with E-state index in [1.165, 1.54) is 17.6 Å². The molecule has 1 heterocycles. The molecule has 1 aromatic carbocycles. The van der Waals surface area contributed by atoms with Crippen molar-refractivity contribution in [3.8, 4) is 0 Å². The Labute approximate surface area is 118 Å². The lowest BCUT2D eigenvalue weighted by Gasteiger charge is -2.15. The third kappa shape index (κ3) is 3.34. The summed E-state index contributed by atoms with van der Waals surface area (Å²) in [7, 11) is 0. The Bertz CT molecular complexity index is 504. The third-order valence-corrected chi connectivity index (χ3v) is 3.74. The summed E-state index contributed by atoms with van der Waals surface area (Å²) in [5.74, 6) is -0.242. The number of hydrogen-bond acceptors (Lipinski definition) is 4. The van der Waals surface area contributed by atoms with Gasteiger partial charge in [0.15, 0.2) is 0 Å². The predicted octanol–water partition coefficient (Wildman–Crippen LogP) is 3.33. The molecule has 0 bridgehead atoms. The Kier molecular flexibility index (Phi) is 4.79. The number of hydrogen-bond donors (Lipinski definition) is 1. The number of aromatic nitrogens is 2. The van der Waals surface area contributed by atoms with Gasteiger partial charge in [-0.3, -0.25) is 0 Å². The molecule has 0 saturated carbocycles. The fourth-order valence-electron chi connectivity index (χ4n) is 1.75. The Morgan fingerprint density at radius 1 is 1.50 bits per heavy atom. The van der Waals surface area contributed by atoms with Crippen molar-refractivity contribution >= 4 is 27.5 Å². The molecule has 1 N–H and O–H groups in total. The average Bonchev–Trinajstić information content (AvgIpc) is 2.87. The summed E-state index contributed by atoms with van der Waals surface area (Å²) in [6, 6.07) is 5.19. The number of likely N-dealkylation sites (N-methyl/N-ethyl adjacent to an activating group) is 1. The van der Waals surface area contributed by atoms with Crippen molar-refractivity contribution < 1.29 is 4.39 Å². The van der Waals surface area contributed by atoms with E-state index < -0.39 is 0 Å². The molecule has 0 fully saturated rings. The van der Waals surface area contributed by atoms with E-state index in [0.717, 1.165) is 24.2 Å². The summed E-state index contributed by atoms with van der Waals surface area (Å²) in [6.07, 6.45) is 0.762. The summed E-state index contributed by atoms with van der Waals surface area (Å²) >= 11 is 4.54. The van der Waals surface area contributed by atoms with Gasteiger partial charge in [-0.2, -0.15) is 0 Å². The monoisotopic (exact) mass is 329 g/mol. The van der Waals surface area contributed by atoms with Crippen LogP contribution in [0.4, 0.5) is 4.39 Å². The molecule has 0 spiro atoms. The van der Waals surface area contributed by atoms with Crippen LogP contribution >= 0.6 is 27.5 Å². The van der Waals surface area contributed by atoms with Crippen molar-refractivity contribution in [2.75, 3.05) is 6.54 Å². The lowest BCUT2D eigenvalue weighted by Crippen LogP contribution is -2.23. The Morgan fingerprint density at radius 3 is 2.94 bits per heavy atom. The zero-order valence-electron chi connectivity index (χ0n) is 9.86. The number of nitrogens with one attached hydrogen (secondary N) is 1. The van der Waals surface area contributed by atoms with Gasteiger partial charge >= 0.3 is 0 Å². The zero-order chi connectivity index (χ0) is 13.0. The lowest BCUT2D eigenvalue weighted by molar-refractivity contribution is 0.534. The van der Waals surface area contributed by atoms with Crippen LogP contribution in [0.5, 0.6) is 0 Å². The van der Waals surface area contributed by atoms with Gasteiger partial charge in [-0.05, 0) is 58.1 Å². The van der Waals surface area contributed by atoms with Crippen LogP contribution in [0.25, 0.3) is 0 Å². The first-order valence-corrected chi connectivity index (χ1v) is 7.28. The first kappa shape index (κ1) is 13.6. The number of benzene rings is 1. The van der Waals surface area contributed by atoms with Gasteiger partial charge in [-0.15, -0.1) is 5.10 Å². The van der Waals surface area contributed by atoms with Crippen molar-refractivity contribution in [2.24, 2.45) is 0 Å². The molecule has 18 heavy (non-hydrogen) atoms. The number of nitrogens with zero attached hydrogens (tertiary/aromatic N) is 2. The molecule has 1 aromatic heterocycles. The van der Waals surface area contributed by atoms with Crippen LogP contribution in [0.1, 0.15) is 24.2 Å². The molecule has 3 nitrogen and oxygen atoms in total. The summed E-state index contributed by atoms with van der Waals surface area (Å²) in [5.41, 5.74) is 1.99. The second-order valence-electron chi connectivity index (χ2n) is 3.89. The highest BCUT2D eigenvalue weighted by molar-refractivity contribution is 9.10. The van der Waals surface area contributed by atoms with E-state index in [-0.39, 0.29) is 11.9 Å². The first-order valence-electron chi connectivity index (χ1n) is 5.65. The van der Waals surface area contributed by atoms with E-state index in [1.807, 2.05) is 12.3 Å². The standard InChI is InChI=1S/C12H13BrFN3S/c1-2-15-11(12-7-18-17-16-12)6-8-3-4-10(14)9(13)5-8/h3-5,7,11,15H,2,6H2,1H3. The van der Waals surface area contributed by atoms with E-state index in [4.69, 9.17) is 0 Å². The zero-order valence-corrected chi connectivity index (χ0v) is 12.3. The molecule has 0 radical (unpaired) electrons. The van der Waals surface area contributed by atoms with Crippen LogP contribution in [0.15, 0.2) is 28.1 Å².